The fraction of sp³-hybridized carbons (Fsp3) is 0. The highest BCUT2D eigenvalue weighted by atomic mass is 35.5. The van der Waals surface area contributed by atoms with E-state index in [2.05, 4.69) is 20.6 Å². The highest BCUT2D eigenvalue weighted by Gasteiger charge is 2.11. The van der Waals surface area contributed by atoms with Crippen LogP contribution < -0.4 is 10.6 Å². The minimum Gasteiger partial charge on any atom is -0.324 e. The van der Waals surface area contributed by atoms with E-state index in [0.29, 0.717) is 20.8 Å². The van der Waals surface area contributed by atoms with Gasteiger partial charge in [-0.15, -0.1) is 0 Å². The van der Waals surface area contributed by atoms with E-state index in [-0.39, 0.29) is 11.6 Å². The van der Waals surface area contributed by atoms with Gasteiger partial charge in [0.25, 0.3) is 5.91 Å². The maximum Gasteiger partial charge on any atom is 0.274 e. The largest absolute Gasteiger partial charge is 0.324 e. The molecule has 126 valence electrons. The molecule has 0 saturated heterocycles. The summed E-state index contributed by atoms with van der Waals surface area (Å²) >= 11 is 17.8. The number of nitrogens with one attached hydrogen (secondary N) is 2. The highest BCUT2D eigenvalue weighted by Crippen LogP contribution is 2.25. The monoisotopic (exact) mass is 392 g/mol. The van der Waals surface area contributed by atoms with E-state index in [1.807, 2.05) is 0 Å². The van der Waals surface area contributed by atoms with Crippen molar-refractivity contribution in [1.29, 1.82) is 0 Å². The second-order valence-electron chi connectivity index (χ2n) is 4.98. The third-order valence-electron chi connectivity index (χ3n) is 3.17. The molecule has 3 aromatic rings. The van der Waals surface area contributed by atoms with Gasteiger partial charge in [-0.1, -0.05) is 34.8 Å². The molecule has 3 rings (SSSR count). The zero-order valence-electron chi connectivity index (χ0n) is 12.6. The van der Waals surface area contributed by atoms with E-state index in [1.165, 1.54) is 12.3 Å². The van der Waals surface area contributed by atoms with Crippen molar-refractivity contribution in [3.05, 3.63) is 75.5 Å². The van der Waals surface area contributed by atoms with E-state index in [4.69, 9.17) is 34.8 Å². The summed E-state index contributed by atoms with van der Waals surface area (Å²) in [4.78, 5) is 20.7. The fourth-order valence-electron chi connectivity index (χ4n) is 1.98. The van der Waals surface area contributed by atoms with Gasteiger partial charge >= 0.3 is 0 Å². The molecule has 0 unspecified atom stereocenters. The Hall–Kier alpha value is -2.34. The first kappa shape index (κ1) is 17.5. The molecule has 0 fully saturated rings. The number of nitrogens with zero attached hydrogens (tertiary/aromatic N) is 2. The predicted molar refractivity (Wildman–Crippen MR) is 101 cm³/mol. The van der Waals surface area contributed by atoms with Crippen molar-refractivity contribution in [1.82, 2.24) is 9.97 Å². The lowest BCUT2D eigenvalue weighted by Crippen LogP contribution is -2.15. The van der Waals surface area contributed by atoms with E-state index < -0.39 is 5.91 Å². The number of carbonyl (C=O) groups is 1. The van der Waals surface area contributed by atoms with Gasteiger partial charge in [-0.2, -0.15) is 0 Å². The first-order chi connectivity index (χ1) is 12.0. The smallest absolute Gasteiger partial charge is 0.274 e. The maximum atomic E-state index is 12.4. The molecule has 1 amide bonds. The van der Waals surface area contributed by atoms with Gasteiger partial charge < -0.3 is 10.6 Å². The van der Waals surface area contributed by atoms with Gasteiger partial charge in [-0.25, -0.2) is 9.97 Å². The van der Waals surface area contributed by atoms with Crippen LogP contribution in [0.5, 0.6) is 0 Å². The van der Waals surface area contributed by atoms with Crippen LogP contribution in [0.4, 0.5) is 17.3 Å². The van der Waals surface area contributed by atoms with E-state index in [9.17, 15) is 4.79 Å². The molecule has 8 heteroatoms. The average Bonchev–Trinajstić information content (AvgIpc) is 2.60. The Kier molecular flexibility index (Phi) is 5.38. The van der Waals surface area contributed by atoms with Gasteiger partial charge in [0.1, 0.15) is 5.69 Å². The summed E-state index contributed by atoms with van der Waals surface area (Å²) in [5.41, 5.74) is 1.39. The van der Waals surface area contributed by atoms with Crippen molar-refractivity contribution in [2.24, 2.45) is 0 Å². The van der Waals surface area contributed by atoms with Gasteiger partial charge in [0, 0.05) is 21.9 Å². The summed E-state index contributed by atoms with van der Waals surface area (Å²) in [6, 6.07) is 13.4. The molecule has 2 N–H and O–H groups in total. The summed E-state index contributed by atoms with van der Waals surface area (Å²) < 4.78 is 0. The Morgan fingerprint density at radius 1 is 0.920 bits per heavy atom. The number of carbonyl (C=O) groups excluding carboxylic acids is 1. The zero-order chi connectivity index (χ0) is 17.8. The molecule has 2 aromatic carbocycles. The summed E-state index contributed by atoms with van der Waals surface area (Å²) in [5.74, 6) is -0.122. The molecule has 5 nitrogen and oxygen atoms in total. The van der Waals surface area contributed by atoms with E-state index in [1.54, 1.807) is 42.5 Å². The average molecular weight is 394 g/mol. The van der Waals surface area contributed by atoms with E-state index >= 15 is 0 Å². The molecule has 1 heterocycles. The lowest BCUT2D eigenvalue weighted by Gasteiger charge is -2.09. The number of halogens is 3. The first-order valence-corrected chi connectivity index (χ1v) is 8.27. The summed E-state index contributed by atoms with van der Waals surface area (Å²) in [5, 5.41) is 7.14. The second kappa shape index (κ2) is 7.70. The van der Waals surface area contributed by atoms with Crippen molar-refractivity contribution in [3.8, 4) is 0 Å². The molecule has 0 saturated carbocycles. The molecule has 25 heavy (non-hydrogen) atoms. The van der Waals surface area contributed by atoms with Gasteiger partial charge in [0.2, 0.25) is 5.95 Å². The predicted octanol–water partition coefficient (Wildman–Crippen LogP) is 5.43. The Morgan fingerprint density at radius 2 is 1.64 bits per heavy atom. The molecule has 0 spiro atoms. The van der Waals surface area contributed by atoms with Crippen LogP contribution in [0.25, 0.3) is 0 Å². The van der Waals surface area contributed by atoms with Crippen LogP contribution in [0.2, 0.25) is 15.1 Å². The Morgan fingerprint density at radius 3 is 2.36 bits per heavy atom. The normalized spacial score (nSPS) is 10.4. The van der Waals surface area contributed by atoms with E-state index in [0.717, 1.165) is 5.69 Å². The van der Waals surface area contributed by atoms with Crippen LogP contribution in [0.3, 0.4) is 0 Å². The van der Waals surface area contributed by atoms with Gasteiger partial charge in [-0.05, 0) is 48.5 Å². The first-order valence-electron chi connectivity index (χ1n) is 7.13. The van der Waals surface area contributed by atoms with Crippen LogP contribution in [-0.2, 0) is 0 Å². The van der Waals surface area contributed by atoms with Crippen LogP contribution in [-0.4, -0.2) is 15.9 Å². The number of hydrogen-bond donors (Lipinski definition) is 2. The molecule has 1 aromatic heterocycles. The SMILES string of the molecule is O=C(Nc1ccc(Cl)cc1Cl)c1ccnc(Nc2ccc(Cl)cc2)n1. The maximum absolute atomic E-state index is 12.4. The minimum atomic E-state index is -0.411. The minimum absolute atomic E-state index is 0.192. The summed E-state index contributed by atoms with van der Waals surface area (Å²) in [6.07, 6.45) is 1.49. The molecule has 0 aliphatic rings. The number of anilines is 3. The number of rotatable bonds is 4. The number of amides is 1. The standard InChI is InChI=1S/C17H11Cl3N4O/c18-10-1-4-12(5-2-10)22-17-21-8-7-15(24-17)16(25)23-14-6-3-11(19)9-13(14)20/h1-9H,(H,23,25)(H,21,22,24). The molecule has 0 bridgehead atoms. The quantitative estimate of drug-likeness (QED) is 0.620. The van der Waals surface area contributed by atoms with Gasteiger partial charge in [0.05, 0.1) is 10.7 Å². The number of aromatic nitrogens is 2. The second-order valence-corrected chi connectivity index (χ2v) is 6.26. The van der Waals surface area contributed by atoms with Gasteiger partial charge in [0.15, 0.2) is 0 Å². The third-order valence-corrected chi connectivity index (χ3v) is 3.97. The Balaban J connectivity index is 1.76. The lowest BCUT2D eigenvalue weighted by atomic mass is 10.3. The third kappa shape index (κ3) is 4.60. The van der Waals surface area contributed by atoms with Crippen molar-refractivity contribution in [3.63, 3.8) is 0 Å². The van der Waals surface area contributed by atoms with Gasteiger partial charge in [-0.3, -0.25) is 4.79 Å². The highest BCUT2D eigenvalue weighted by molar-refractivity contribution is 6.36. The van der Waals surface area contributed by atoms with Crippen molar-refractivity contribution in [2.45, 2.75) is 0 Å². The van der Waals surface area contributed by atoms with Crippen LogP contribution in [0.15, 0.2) is 54.7 Å². The summed E-state index contributed by atoms with van der Waals surface area (Å²) in [6.45, 7) is 0. The van der Waals surface area contributed by atoms with Crippen LogP contribution in [0, 0.1) is 0 Å². The number of hydrogen-bond acceptors (Lipinski definition) is 4. The molecular formula is C17H11Cl3N4O. The molecule has 0 atom stereocenters. The van der Waals surface area contributed by atoms with Crippen molar-refractivity contribution in [2.75, 3.05) is 10.6 Å². The summed E-state index contributed by atoms with van der Waals surface area (Å²) in [7, 11) is 0. The number of benzene rings is 2. The van der Waals surface area contributed by atoms with Crippen LogP contribution >= 0.6 is 34.8 Å². The molecule has 0 radical (unpaired) electrons. The van der Waals surface area contributed by atoms with Crippen molar-refractivity contribution >= 4 is 58.0 Å². The van der Waals surface area contributed by atoms with Crippen LogP contribution in [0.1, 0.15) is 10.5 Å². The topological polar surface area (TPSA) is 66.9 Å². The molecular weight excluding hydrogens is 383 g/mol. The Labute approximate surface area is 159 Å². The molecule has 0 aliphatic carbocycles. The molecule has 0 aliphatic heterocycles. The Bertz CT molecular complexity index is 916. The zero-order valence-corrected chi connectivity index (χ0v) is 14.9. The fourth-order valence-corrected chi connectivity index (χ4v) is 2.57. The lowest BCUT2D eigenvalue weighted by molar-refractivity contribution is 0.102. The van der Waals surface area contributed by atoms with Crippen molar-refractivity contribution < 1.29 is 4.79 Å².